The molecule has 17 heavy (non-hydrogen) atoms. The van der Waals surface area contributed by atoms with E-state index in [2.05, 4.69) is 10.4 Å². The summed E-state index contributed by atoms with van der Waals surface area (Å²) in [5.41, 5.74) is 1.22. The van der Waals surface area contributed by atoms with Gasteiger partial charge in [-0.15, -0.1) is 0 Å². The molecule has 0 fully saturated rings. The molecule has 6 nitrogen and oxygen atoms in total. The van der Waals surface area contributed by atoms with E-state index in [-0.39, 0.29) is 11.9 Å². The smallest absolute Gasteiger partial charge is 0.344 e. The van der Waals surface area contributed by atoms with Gasteiger partial charge in [-0.2, -0.15) is 9.78 Å². The summed E-state index contributed by atoms with van der Waals surface area (Å²) in [5, 5.41) is 6.78. The highest BCUT2D eigenvalue weighted by atomic mass is 16.2. The minimum absolute atomic E-state index is 0.148. The van der Waals surface area contributed by atoms with E-state index in [1.165, 1.54) is 10.9 Å². The summed E-state index contributed by atoms with van der Waals surface area (Å²) in [6.45, 7) is 3.25. The first-order valence-corrected chi connectivity index (χ1v) is 5.75. The SMILES string of the molecule is CCCNC(=O)c1cnn2c1CCN(C)C2=O. The third-order valence-corrected chi connectivity index (χ3v) is 2.84. The van der Waals surface area contributed by atoms with Crippen LogP contribution < -0.4 is 5.32 Å². The van der Waals surface area contributed by atoms with Crippen molar-refractivity contribution in [2.75, 3.05) is 20.1 Å². The first-order valence-electron chi connectivity index (χ1n) is 5.75. The summed E-state index contributed by atoms with van der Waals surface area (Å²) in [7, 11) is 1.73. The minimum Gasteiger partial charge on any atom is -0.352 e. The zero-order valence-corrected chi connectivity index (χ0v) is 10.1. The minimum atomic E-state index is -0.180. The fraction of sp³-hybridized carbons (Fsp3) is 0.545. The molecule has 0 radical (unpaired) electrons. The van der Waals surface area contributed by atoms with Crippen molar-refractivity contribution in [2.45, 2.75) is 19.8 Å². The third-order valence-electron chi connectivity index (χ3n) is 2.84. The molecule has 0 aromatic carbocycles. The van der Waals surface area contributed by atoms with E-state index < -0.39 is 0 Å². The molecule has 2 amide bonds. The lowest BCUT2D eigenvalue weighted by atomic mass is 10.1. The highest BCUT2D eigenvalue weighted by Crippen LogP contribution is 2.15. The Kier molecular flexibility index (Phi) is 3.12. The van der Waals surface area contributed by atoms with E-state index in [0.717, 1.165) is 6.42 Å². The molecular weight excluding hydrogens is 220 g/mol. The number of amides is 2. The van der Waals surface area contributed by atoms with E-state index >= 15 is 0 Å². The van der Waals surface area contributed by atoms with Gasteiger partial charge < -0.3 is 10.2 Å². The number of carbonyl (C=O) groups excluding carboxylic acids is 2. The van der Waals surface area contributed by atoms with Gasteiger partial charge in [0.15, 0.2) is 0 Å². The molecule has 92 valence electrons. The maximum absolute atomic E-state index is 11.8. The lowest BCUT2D eigenvalue weighted by molar-refractivity contribution is 0.0952. The van der Waals surface area contributed by atoms with Crippen LogP contribution in [0, 0.1) is 0 Å². The van der Waals surface area contributed by atoms with Crippen LogP contribution in [0.3, 0.4) is 0 Å². The van der Waals surface area contributed by atoms with E-state index in [1.807, 2.05) is 6.92 Å². The van der Waals surface area contributed by atoms with Crippen molar-refractivity contribution in [1.82, 2.24) is 20.0 Å². The number of nitrogens with one attached hydrogen (secondary N) is 1. The molecule has 0 atom stereocenters. The van der Waals surface area contributed by atoms with Crippen LogP contribution in [0.1, 0.15) is 29.4 Å². The van der Waals surface area contributed by atoms with Crippen LogP contribution in [0.5, 0.6) is 0 Å². The van der Waals surface area contributed by atoms with Crippen LogP contribution >= 0.6 is 0 Å². The summed E-state index contributed by atoms with van der Waals surface area (Å²) in [4.78, 5) is 25.2. The number of fused-ring (bicyclic) bond motifs is 1. The summed E-state index contributed by atoms with van der Waals surface area (Å²) in [5.74, 6) is -0.148. The van der Waals surface area contributed by atoms with Gasteiger partial charge in [0, 0.05) is 26.6 Å². The Morgan fingerprint density at radius 1 is 1.59 bits per heavy atom. The standard InChI is InChI=1S/C11H16N4O2/c1-3-5-12-10(16)8-7-13-15-9(8)4-6-14(2)11(15)17/h7H,3-6H2,1-2H3,(H,12,16). The van der Waals surface area contributed by atoms with Crippen molar-refractivity contribution < 1.29 is 9.59 Å². The predicted molar refractivity (Wildman–Crippen MR) is 62.0 cm³/mol. The third kappa shape index (κ3) is 2.02. The first kappa shape index (κ1) is 11.6. The monoisotopic (exact) mass is 236 g/mol. The molecule has 0 saturated heterocycles. The van der Waals surface area contributed by atoms with Crippen LogP contribution in [0.15, 0.2) is 6.20 Å². The van der Waals surface area contributed by atoms with Crippen LogP contribution in [-0.4, -0.2) is 46.8 Å². The Balaban J connectivity index is 2.24. The average molecular weight is 236 g/mol. The number of rotatable bonds is 3. The topological polar surface area (TPSA) is 67.2 Å². The van der Waals surface area contributed by atoms with E-state index in [4.69, 9.17) is 0 Å². The molecule has 1 aromatic heterocycles. The Morgan fingerprint density at radius 2 is 2.35 bits per heavy atom. The van der Waals surface area contributed by atoms with Crippen molar-refractivity contribution in [3.63, 3.8) is 0 Å². The van der Waals surface area contributed by atoms with Crippen LogP contribution in [0.2, 0.25) is 0 Å². The molecule has 0 aliphatic carbocycles. The molecule has 1 aliphatic heterocycles. The quantitative estimate of drug-likeness (QED) is 0.830. The van der Waals surface area contributed by atoms with Gasteiger partial charge in [0.1, 0.15) is 0 Å². The second-order valence-electron chi connectivity index (χ2n) is 4.13. The molecule has 0 unspecified atom stereocenters. The molecule has 6 heteroatoms. The van der Waals surface area contributed by atoms with Crippen LogP contribution in [0.25, 0.3) is 0 Å². The molecule has 0 spiro atoms. The number of carbonyl (C=O) groups is 2. The first-order chi connectivity index (χ1) is 8.15. The molecular formula is C11H16N4O2. The van der Waals surface area contributed by atoms with Gasteiger partial charge in [-0.1, -0.05) is 6.92 Å². The van der Waals surface area contributed by atoms with Gasteiger partial charge in [0.25, 0.3) is 5.91 Å². The summed E-state index contributed by atoms with van der Waals surface area (Å²) in [6.07, 6.45) is 3.02. The van der Waals surface area contributed by atoms with E-state index in [1.54, 1.807) is 11.9 Å². The molecule has 1 N–H and O–H groups in total. The normalized spacial score (nSPS) is 14.7. The second kappa shape index (κ2) is 4.57. The van der Waals surface area contributed by atoms with Gasteiger partial charge >= 0.3 is 6.03 Å². The van der Waals surface area contributed by atoms with E-state index in [9.17, 15) is 9.59 Å². The molecule has 0 saturated carbocycles. The fourth-order valence-electron chi connectivity index (χ4n) is 1.83. The Hall–Kier alpha value is -1.85. The van der Waals surface area contributed by atoms with Gasteiger partial charge in [-0.05, 0) is 6.42 Å². The average Bonchev–Trinajstić information content (AvgIpc) is 2.75. The van der Waals surface area contributed by atoms with Gasteiger partial charge in [-0.25, -0.2) is 4.79 Å². The van der Waals surface area contributed by atoms with Crippen LogP contribution in [0.4, 0.5) is 4.79 Å². The number of likely N-dealkylation sites (N-methyl/N-ethyl adjacent to an activating group) is 1. The van der Waals surface area contributed by atoms with Crippen molar-refractivity contribution >= 4 is 11.9 Å². The molecule has 0 bridgehead atoms. The zero-order chi connectivity index (χ0) is 12.4. The number of hydrogen-bond donors (Lipinski definition) is 1. The summed E-state index contributed by atoms with van der Waals surface area (Å²) in [6, 6.07) is -0.180. The molecule has 1 aromatic rings. The van der Waals surface area contributed by atoms with Gasteiger partial charge in [0.2, 0.25) is 0 Å². The van der Waals surface area contributed by atoms with Crippen molar-refractivity contribution in [2.24, 2.45) is 0 Å². The second-order valence-corrected chi connectivity index (χ2v) is 4.13. The Morgan fingerprint density at radius 3 is 3.06 bits per heavy atom. The number of aromatic nitrogens is 2. The van der Waals surface area contributed by atoms with Crippen molar-refractivity contribution in [3.05, 3.63) is 17.5 Å². The number of hydrogen-bond acceptors (Lipinski definition) is 3. The van der Waals surface area contributed by atoms with Crippen molar-refractivity contribution in [1.29, 1.82) is 0 Å². The van der Waals surface area contributed by atoms with Gasteiger partial charge in [-0.3, -0.25) is 4.79 Å². The summed E-state index contributed by atoms with van der Waals surface area (Å²) < 4.78 is 1.31. The zero-order valence-electron chi connectivity index (χ0n) is 10.1. The predicted octanol–water partition coefficient (Wildman–Crippen LogP) is 0.479. The van der Waals surface area contributed by atoms with Crippen molar-refractivity contribution in [3.8, 4) is 0 Å². The lowest BCUT2D eigenvalue weighted by Gasteiger charge is -2.23. The fourth-order valence-corrected chi connectivity index (χ4v) is 1.83. The highest BCUT2D eigenvalue weighted by molar-refractivity contribution is 5.96. The maximum atomic E-state index is 11.8. The largest absolute Gasteiger partial charge is 0.352 e. The lowest BCUT2D eigenvalue weighted by Crippen LogP contribution is -2.39. The van der Waals surface area contributed by atoms with E-state index in [0.29, 0.717) is 30.8 Å². The summed E-state index contributed by atoms with van der Waals surface area (Å²) >= 11 is 0. The maximum Gasteiger partial charge on any atom is 0.344 e. The molecule has 2 rings (SSSR count). The number of nitrogens with zero attached hydrogens (tertiary/aromatic N) is 3. The Bertz CT molecular complexity index is 452. The Labute approximate surface area is 99.6 Å². The molecule has 1 aliphatic rings. The molecule has 2 heterocycles. The van der Waals surface area contributed by atoms with Gasteiger partial charge in [0.05, 0.1) is 17.5 Å². The van der Waals surface area contributed by atoms with Crippen LogP contribution in [-0.2, 0) is 6.42 Å². The highest BCUT2D eigenvalue weighted by Gasteiger charge is 2.26.